The quantitative estimate of drug-likeness (QED) is 0.0291. The van der Waals surface area contributed by atoms with E-state index in [1.165, 1.54) is 35.7 Å². The Morgan fingerprint density at radius 2 is 1.26 bits per heavy atom. The zero-order chi connectivity index (χ0) is 45.1. The van der Waals surface area contributed by atoms with Gasteiger partial charge in [0.15, 0.2) is 5.96 Å². The number of para-hydroxylation sites is 1. The third-order valence-electron chi connectivity index (χ3n) is 9.80. The van der Waals surface area contributed by atoms with Crippen molar-refractivity contribution >= 4 is 75.8 Å². The summed E-state index contributed by atoms with van der Waals surface area (Å²) in [5.41, 5.74) is 25.2. The van der Waals surface area contributed by atoms with Crippen LogP contribution in [-0.4, -0.2) is 118 Å². The van der Waals surface area contributed by atoms with Crippen LogP contribution in [0.2, 0.25) is 0 Å². The third kappa shape index (κ3) is 16.5. The summed E-state index contributed by atoms with van der Waals surface area (Å²) in [6, 6.07) is 6.97. The van der Waals surface area contributed by atoms with Crippen molar-refractivity contribution in [3.05, 3.63) is 65.9 Å². The van der Waals surface area contributed by atoms with E-state index in [1.807, 2.05) is 36.8 Å². The predicted octanol–water partition coefficient (Wildman–Crippen LogP) is 0.111. The first kappa shape index (κ1) is 49.9. The monoisotopic (exact) mass is 883 g/mol. The van der Waals surface area contributed by atoms with Gasteiger partial charge in [-0.2, -0.15) is 23.5 Å². The number of H-pyrrole nitrogens is 1. The van der Waals surface area contributed by atoms with Crippen molar-refractivity contribution in [2.24, 2.45) is 33.8 Å². The second kappa shape index (κ2) is 25.3. The number of hydrogen-bond donors (Lipinski definition) is 11. The van der Waals surface area contributed by atoms with Gasteiger partial charge in [-0.25, -0.2) is 0 Å². The van der Waals surface area contributed by atoms with Crippen molar-refractivity contribution in [2.45, 2.75) is 88.6 Å². The molecule has 0 saturated heterocycles. The molecule has 0 aliphatic heterocycles. The number of aromatic hydroxyl groups is 1. The number of rotatable bonds is 26. The number of nitrogens with two attached hydrogens (primary N) is 4. The van der Waals surface area contributed by atoms with Gasteiger partial charge in [-0.05, 0) is 91.4 Å². The number of phenolic OH excluding ortho intramolecular Hbond substituents is 1. The number of amides is 6. The van der Waals surface area contributed by atoms with Crippen LogP contribution in [0.4, 0.5) is 0 Å². The molecule has 0 spiro atoms. The molecule has 1 heterocycles. The maximum atomic E-state index is 14.2. The minimum atomic E-state index is -1.28. The van der Waals surface area contributed by atoms with Gasteiger partial charge in [-0.1, -0.05) is 44.2 Å². The number of fused-ring (bicyclic) bond motifs is 1. The lowest BCUT2D eigenvalue weighted by Crippen LogP contribution is -2.60. The van der Waals surface area contributed by atoms with E-state index in [2.05, 4.69) is 36.6 Å². The van der Waals surface area contributed by atoms with Gasteiger partial charge >= 0.3 is 0 Å². The van der Waals surface area contributed by atoms with E-state index in [-0.39, 0.29) is 50.4 Å². The largest absolute Gasteiger partial charge is 0.508 e. The van der Waals surface area contributed by atoms with Crippen molar-refractivity contribution in [2.75, 3.05) is 30.6 Å². The number of nitrogens with one attached hydrogen (secondary N) is 6. The molecule has 15 N–H and O–H groups in total. The minimum Gasteiger partial charge on any atom is -0.508 e. The maximum absolute atomic E-state index is 14.2. The molecule has 0 bridgehead atoms. The Bertz CT molecular complexity index is 1960. The molecule has 0 saturated carbocycles. The highest BCUT2D eigenvalue weighted by Gasteiger charge is 2.34. The standard InChI is InChI=1S/C41H61N11O7S2/c1-23(2)34(40(59)48-30(35(43)54)15-18-60-3)52-38(57)32(16-19-61-4)50-39(58)33(20-24-11-13-26(53)14-12-24)51-37(56)31(10-7-17-46-41(44)45)49-36(55)28(42)21-25-22-47-29-9-6-5-8-27(25)29/h5-6,8-9,11-14,22-23,28,30-34,47,53H,7,10,15-21,42H2,1-4H3,(H2,43,54)(H,48,59)(H,49,55)(H,50,58)(H,51,56)(H,52,57)(H4,44,45,46)/t28-,30+,31-,32-,33-,34-/m0/s1. The van der Waals surface area contributed by atoms with Gasteiger partial charge in [0.05, 0.1) is 6.04 Å². The molecule has 0 unspecified atom stereocenters. The van der Waals surface area contributed by atoms with E-state index >= 15 is 0 Å². The molecular formula is C41H61N11O7S2. The van der Waals surface area contributed by atoms with Gasteiger partial charge < -0.3 is 59.6 Å². The van der Waals surface area contributed by atoms with Crippen molar-refractivity contribution in [1.82, 2.24) is 31.6 Å². The summed E-state index contributed by atoms with van der Waals surface area (Å²) in [5, 5.41) is 24.5. The molecule has 6 amide bonds. The second-order valence-electron chi connectivity index (χ2n) is 14.9. The van der Waals surface area contributed by atoms with Gasteiger partial charge in [0.25, 0.3) is 0 Å². The average Bonchev–Trinajstić information content (AvgIpc) is 3.63. The van der Waals surface area contributed by atoms with Crippen LogP contribution in [0.1, 0.15) is 50.7 Å². The predicted molar refractivity (Wildman–Crippen MR) is 241 cm³/mol. The van der Waals surface area contributed by atoms with Crippen LogP contribution in [0.25, 0.3) is 10.9 Å². The van der Waals surface area contributed by atoms with Gasteiger partial charge in [0.2, 0.25) is 35.4 Å². The van der Waals surface area contributed by atoms with Crippen LogP contribution >= 0.6 is 23.5 Å². The summed E-state index contributed by atoms with van der Waals surface area (Å²) in [7, 11) is 0. The summed E-state index contributed by atoms with van der Waals surface area (Å²) in [4.78, 5) is 88.4. The second-order valence-corrected chi connectivity index (χ2v) is 16.9. The van der Waals surface area contributed by atoms with E-state index < -0.39 is 77.6 Å². The number of carbonyl (C=O) groups excluding carboxylic acids is 6. The molecule has 20 heteroatoms. The minimum absolute atomic E-state index is 0.00902. The summed E-state index contributed by atoms with van der Waals surface area (Å²) in [6.07, 6.45) is 6.41. The highest BCUT2D eigenvalue weighted by Crippen LogP contribution is 2.19. The van der Waals surface area contributed by atoms with Crippen molar-refractivity contribution in [3.63, 3.8) is 0 Å². The number of phenols is 1. The number of primary amides is 1. The highest BCUT2D eigenvalue weighted by atomic mass is 32.2. The Morgan fingerprint density at radius 3 is 1.89 bits per heavy atom. The molecular weight excluding hydrogens is 823 g/mol. The fourth-order valence-electron chi connectivity index (χ4n) is 6.38. The summed E-state index contributed by atoms with van der Waals surface area (Å²) in [6.45, 7) is 3.61. The Balaban J connectivity index is 1.87. The Labute approximate surface area is 364 Å². The van der Waals surface area contributed by atoms with Gasteiger partial charge in [0, 0.05) is 30.1 Å². The molecule has 334 valence electrons. The number of aromatic nitrogens is 1. The highest BCUT2D eigenvalue weighted by molar-refractivity contribution is 7.98. The van der Waals surface area contributed by atoms with Crippen molar-refractivity contribution < 1.29 is 33.9 Å². The average molecular weight is 884 g/mol. The summed E-state index contributed by atoms with van der Waals surface area (Å²) >= 11 is 2.93. The maximum Gasteiger partial charge on any atom is 0.243 e. The van der Waals surface area contributed by atoms with Crippen LogP contribution in [-0.2, 0) is 41.6 Å². The van der Waals surface area contributed by atoms with E-state index in [4.69, 9.17) is 22.9 Å². The molecule has 6 atom stereocenters. The number of nitrogens with zero attached hydrogens (tertiary/aromatic N) is 1. The van der Waals surface area contributed by atoms with Crippen molar-refractivity contribution in [1.29, 1.82) is 0 Å². The van der Waals surface area contributed by atoms with Crippen LogP contribution in [0.15, 0.2) is 59.7 Å². The Morgan fingerprint density at radius 1 is 0.705 bits per heavy atom. The summed E-state index contributed by atoms with van der Waals surface area (Å²) < 4.78 is 0. The molecule has 0 radical (unpaired) electrons. The molecule has 0 fully saturated rings. The van der Waals surface area contributed by atoms with Crippen LogP contribution < -0.4 is 49.5 Å². The number of guanidine groups is 1. The fourth-order valence-corrected chi connectivity index (χ4v) is 7.32. The molecule has 0 aliphatic rings. The first-order chi connectivity index (χ1) is 29.0. The lowest BCUT2D eigenvalue weighted by Gasteiger charge is -2.28. The van der Waals surface area contributed by atoms with E-state index in [0.717, 1.165) is 16.5 Å². The van der Waals surface area contributed by atoms with E-state index in [1.54, 1.807) is 32.2 Å². The number of hydrogen-bond acceptors (Lipinski definition) is 11. The molecule has 61 heavy (non-hydrogen) atoms. The van der Waals surface area contributed by atoms with E-state index in [9.17, 15) is 33.9 Å². The molecule has 18 nitrogen and oxygen atoms in total. The Hall–Kier alpha value is -5.47. The number of benzene rings is 2. The number of aromatic amines is 1. The van der Waals surface area contributed by atoms with Crippen LogP contribution in [0.5, 0.6) is 5.75 Å². The molecule has 0 aliphatic carbocycles. The summed E-state index contributed by atoms with van der Waals surface area (Å²) in [5.74, 6) is -3.52. The first-order valence-electron chi connectivity index (χ1n) is 20.0. The fraction of sp³-hybridized carbons (Fsp3) is 0.488. The zero-order valence-electron chi connectivity index (χ0n) is 35.1. The van der Waals surface area contributed by atoms with Crippen LogP contribution in [0.3, 0.4) is 0 Å². The van der Waals surface area contributed by atoms with E-state index in [0.29, 0.717) is 23.5 Å². The molecule has 3 rings (SSSR count). The molecule has 1 aromatic heterocycles. The van der Waals surface area contributed by atoms with Gasteiger partial charge in [0.1, 0.15) is 36.0 Å². The smallest absolute Gasteiger partial charge is 0.243 e. The first-order valence-corrected chi connectivity index (χ1v) is 22.8. The number of carbonyl (C=O) groups is 6. The third-order valence-corrected chi connectivity index (χ3v) is 11.1. The zero-order valence-corrected chi connectivity index (χ0v) is 36.7. The molecule has 3 aromatic rings. The van der Waals surface area contributed by atoms with Crippen LogP contribution in [0, 0.1) is 5.92 Å². The van der Waals surface area contributed by atoms with Gasteiger partial charge in [-0.15, -0.1) is 0 Å². The lowest BCUT2D eigenvalue weighted by molar-refractivity contribution is -0.135. The normalized spacial score (nSPS) is 14.1. The SMILES string of the molecule is CSCC[C@H](NC(=O)[C@H](Cc1ccc(O)cc1)NC(=O)[C@H](CCCN=C(N)N)NC(=O)[C@@H](N)Cc1c[nH]c2ccccc12)C(=O)N[C@H](C(=O)N[C@H](CCSC)C(N)=O)C(C)C. The molecule has 2 aromatic carbocycles. The topological polar surface area (TPSA) is 315 Å². The Kier molecular flexibility index (Phi) is 20.7. The lowest BCUT2D eigenvalue weighted by atomic mass is 10.0. The van der Waals surface area contributed by atoms with Crippen molar-refractivity contribution in [3.8, 4) is 5.75 Å². The van der Waals surface area contributed by atoms with Gasteiger partial charge in [-0.3, -0.25) is 33.8 Å². The number of aliphatic imine (C=N–C) groups is 1. The number of thioether (sulfide) groups is 2.